The summed E-state index contributed by atoms with van der Waals surface area (Å²) in [6.45, 7) is 4.72. The lowest BCUT2D eigenvalue weighted by Crippen LogP contribution is -2.28. The van der Waals surface area contributed by atoms with E-state index in [0.29, 0.717) is 6.54 Å². The van der Waals surface area contributed by atoms with E-state index in [1.807, 2.05) is 19.4 Å². The van der Waals surface area contributed by atoms with Gasteiger partial charge in [-0.15, -0.1) is 0 Å². The molecule has 0 fully saturated rings. The first kappa shape index (κ1) is 14.2. The zero-order valence-electron chi connectivity index (χ0n) is 10.7. The van der Waals surface area contributed by atoms with Gasteiger partial charge < -0.3 is 5.32 Å². The minimum Gasteiger partial charge on any atom is -0.315 e. The van der Waals surface area contributed by atoms with Gasteiger partial charge in [-0.1, -0.05) is 0 Å². The number of rotatable bonds is 7. The van der Waals surface area contributed by atoms with Crippen molar-refractivity contribution in [2.75, 3.05) is 18.8 Å². The van der Waals surface area contributed by atoms with Crippen LogP contribution in [0.5, 0.6) is 0 Å². The highest BCUT2D eigenvalue weighted by Crippen LogP contribution is 1.99. The Morgan fingerprint density at radius 1 is 1.41 bits per heavy atom. The lowest BCUT2D eigenvalue weighted by atomic mass is 10.2. The Balaban J connectivity index is 2.17. The highest BCUT2D eigenvalue weighted by Gasteiger charge is 2.14. The third kappa shape index (κ3) is 4.87. The number of aryl methyl sites for hydroxylation is 1. The highest BCUT2D eigenvalue weighted by atomic mass is 32.2. The van der Waals surface area contributed by atoms with Gasteiger partial charge in [0.15, 0.2) is 9.84 Å². The van der Waals surface area contributed by atoms with Crippen LogP contribution in [0.25, 0.3) is 0 Å². The molecule has 0 aliphatic carbocycles. The van der Waals surface area contributed by atoms with Crippen molar-refractivity contribution in [3.05, 3.63) is 18.0 Å². The van der Waals surface area contributed by atoms with E-state index in [2.05, 4.69) is 10.4 Å². The van der Waals surface area contributed by atoms with E-state index in [1.54, 1.807) is 18.5 Å². The van der Waals surface area contributed by atoms with Gasteiger partial charge in [-0.05, 0) is 32.4 Å². The van der Waals surface area contributed by atoms with Crippen LogP contribution in [0.4, 0.5) is 0 Å². The van der Waals surface area contributed by atoms with E-state index < -0.39 is 9.84 Å². The first-order valence-corrected chi connectivity index (χ1v) is 7.53. The molecule has 1 aromatic heterocycles. The molecule has 0 atom stereocenters. The molecule has 0 radical (unpaired) electrons. The maximum absolute atomic E-state index is 11.5. The maximum atomic E-state index is 11.5. The fraction of sp³-hybridized carbons (Fsp3) is 0.727. The lowest BCUT2D eigenvalue weighted by Gasteiger charge is -2.08. The molecule has 0 spiro atoms. The van der Waals surface area contributed by atoms with E-state index in [1.165, 1.54) is 0 Å². The van der Waals surface area contributed by atoms with Gasteiger partial charge in [-0.25, -0.2) is 8.42 Å². The van der Waals surface area contributed by atoms with Crippen LogP contribution in [0.1, 0.15) is 19.4 Å². The number of aromatic nitrogens is 2. The molecule has 0 amide bonds. The van der Waals surface area contributed by atoms with Crippen molar-refractivity contribution in [1.29, 1.82) is 0 Å². The Morgan fingerprint density at radius 3 is 2.65 bits per heavy atom. The Hall–Kier alpha value is -0.880. The number of nitrogens with one attached hydrogen (secondary N) is 1. The van der Waals surface area contributed by atoms with Gasteiger partial charge in [0, 0.05) is 19.8 Å². The Kier molecular flexibility index (Phi) is 5.14. The third-order valence-corrected chi connectivity index (χ3v) is 4.84. The quantitative estimate of drug-likeness (QED) is 0.719. The van der Waals surface area contributed by atoms with Gasteiger partial charge in [0.1, 0.15) is 0 Å². The molecule has 1 heterocycles. The van der Waals surface area contributed by atoms with E-state index in [4.69, 9.17) is 0 Å². The molecule has 5 nitrogen and oxygen atoms in total. The van der Waals surface area contributed by atoms with Crippen LogP contribution in [0.2, 0.25) is 0 Å². The van der Waals surface area contributed by atoms with Crippen LogP contribution < -0.4 is 5.32 Å². The van der Waals surface area contributed by atoms with Crippen LogP contribution >= 0.6 is 0 Å². The van der Waals surface area contributed by atoms with Gasteiger partial charge >= 0.3 is 0 Å². The Morgan fingerprint density at radius 2 is 2.12 bits per heavy atom. The first-order chi connectivity index (χ1) is 7.92. The zero-order valence-corrected chi connectivity index (χ0v) is 11.5. The van der Waals surface area contributed by atoms with E-state index in [9.17, 15) is 8.42 Å². The largest absolute Gasteiger partial charge is 0.315 e. The summed E-state index contributed by atoms with van der Waals surface area (Å²) in [6.07, 6.45) is 4.66. The summed E-state index contributed by atoms with van der Waals surface area (Å²) in [4.78, 5) is 0. The first-order valence-electron chi connectivity index (χ1n) is 5.81. The van der Waals surface area contributed by atoms with Crippen molar-refractivity contribution >= 4 is 9.84 Å². The van der Waals surface area contributed by atoms with Gasteiger partial charge in [-0.2, -0.15) is 5.10 Å². The summed E-state index contributed by atoms with van der Waals surface area (Å²) in [5.41, 5.74) is 1.16. The fourth-order valence-electron chi connectivity index (χ4n) is 1.41. The summed E-state index contributed by atoms with van der Waals surface area (Å²) < 4.78 is 24.8. The van der Waals surface area contributed by atoms with Crippen molar-refractivity contribution in [1.82, 2.24) is 15.1 Å². The maximum Gasteiger partial charge on any atom is 0.153 e. The molecule has 0 bridgehead atoms. The molecule has 0 saturated heterocycles. The number of sulfone groups is 1. The molecule has 0 unspecified atom stereocenters. The second-order valence-electron chi connectivity index (χ2n) is 4.44. The second kappa shape index (κ2) is 6.16. The van der Waals surface area contributed by atoms with Gasteiger partial charge in [0.2, 0.25) is 0 Å². The number of nitrogens with zero attached hydrogens (tertiary/aromatic N) is 2. The second-order valence-corrected chi connectivity index (χ2v) is 7.11. The molecule has 0 aliphatic heterocycles. The van der Waals surface area contributed by atoms with E-state index in [0.717, 1.165) is 18.5 Å². The van der Waals surface area contributed by atoms with E-state index >= 15 is 0 Å². The molecule has 0 aliphatic rings. The molecular weight excluding hydrogens is 238 g/mol. The minimum atomic E-state index is -2.92. The topological polar surface area (TPSA) is 64.0 Å². The Bertz CT molecular complexity index is 437. The van der Waals surface area contributed by atoms with Crippen LogP contribution in [-0.2, 0) is 23.3 Å². The lowest BCUT2D eigenvalue weighted by molar-refractivity contribution is 0.582. The molecular formula is C11H21N3O2S. The molecule has 1 N–H and O–H groups in total. The van der Waals surface area contributed by atoms with Crippen LogP contribution in [0.15, 0.2) is 12.4 Å². The minimum absolute atomic E-state index is 0.206. The summed E-state index contributed by atoms with van der Waals surface area (Å²) in [7, 11) is -1.04. The van der Waals surface area contributed by atoms with E-state index in [-0.39, 0.29) is 11.0 Å². The average Bonchev–Trinajstić information content (AvgIpc) is 2.63. The van der Waals surface area contributed by atoms with Gasteiger partial charge in [-0.3, -0.25) is 4.68 Å². The summed E-state index contributed by atoms with van der Waals surface area (Å²) in [5, 5.41) is 6.92. The highest BCUT2D eigenvalue weighted by molar-refractivity contribution is 7.92. The molecule has 1 rings (SSSR count). The van der Waals surface area contributed by atoms with Crippen molar-refractivity contribution in [2.45, 2.75) is 25.5 Å². The number of hydrogen-bond donors (Lipinski definition) is 1. The molecule has 98 valence electrons. The normalized spacial score (nSPS) is 12.2. The molecule has 17 heavy (non-hydrogen) atoms. The summed E-state index contributed by atoms with van der Waals surface area (Å²) in [5.74, 6) is 0.206. The third-order valence-electron chi connectivity index (χ3n) is 2.63. The summed E-state index contributed by atoms with van der Waals surface area (Å²) >= 11 is 0. The monoisotopic (exact) mass is 259 g/mol. The standard InChI is InChI=1S/C11H21N3O2S/c1-10(2)17(15,16)7-6-12-5-4-11-8-13-14(3)9-11/h8-10,12H,4-7H2,1-3H3. The number of hydrogen-bond acceptors (Lipinski definition) is 4. The van der Waals surface area contributed by atoms with Crippen LogP contribution in [0, 0.1) is 0 Å². The van der Waals surface area contributed by atoms with Crippen molar-refractivity contribution in [2.24, 2.45) is 7.05 Å². The zero-order chi connectivity index (χ0) is 12.9. The van der Waals surface area contributed by atoms with Crippen molar-refractivity contribution < 1.29 is 8.42 Å². The molecule has 1 aromatic rings. The SMILES string of the molecule is CC(C)S(=O)(=O)CCNCCc1cnn(C)c1. The fourth-order valence-corrected chi connectivity index (χ4v) is 2.31. The summed E-state index contributed by atoms with van der Waals surface area (Å²) in [6, 6.07) is 0. The Labute approximate surface area is 103 Å². The average molecular weight is 259 g/mol. The molecule has 0 aromatic carbocycles. The predicted molar refractivity (Wildman–Crippen MR) is 68.7 cm³/mol. The predicted octanol–water partition coefficient (Wildman–Crippen LogP) is 0.375. The van der Waals surface area contributed by atoms with Crippen LogP contribution in [-0.4, -0.2) is 42.3 Å². The molecule has 6 heteroatoms. The molecule has 0 saturated carbocycles. The smallest absolute Gasteiger partial charge is 0.153 e. The van der Waals surface area contributed by atoms with Gasteiger partial charge in [0.25, 0.3) is 0 Å². The van der Waals surface area contributed by atoms with Crippen molar-refractivity contribution in [3.63, 3.8) is 0 Å². The van der Waals surface area contributed by atoms with Crippen molar-refractivity contribution in [3.8, 4) is 0 Å². The van der Waals surface area contributed by atoms with Gasteiger partial charge in [0.05, 0.1) is 17.2 Å². The van der Waals surface area contributed by atoms with Crippen LogP contribution in [0.3, 0.4) is 0 Å².